The Hall–Kier alpha value is -2.09. The second-order valence-electron chi connectivity index (χ2n) is 5.07. The number of amides is 2. The summed E-state index contributed by atoms with van der Waals surface area (Å²) in [7, 11) is 1.64. The Bertz CT molecular complexity index is 608. The lowest BCUT2D eigenvalue weighted by molar-refractivity contribution is -0.384. The van der Waals surface area contributed by atoms with Crippen LogP contribution in [0.2, 0.25) is 0 Å². The first-order valence-electron chi connectivity index (χ1n) is 6.82. The van der Waals surface area contributed by atoms with Gasteiger partial charge in [-0.25, -0.2) is 0 Å². The van der Waals surface area contributed by atoms with E-state index in [1.165, 1.54) is 33.7 Å². The number of hydrogen-bond donors (Lipinski definition) is 0. The standard InChI is InChI=1S/C14H17N3O4S/c1-10(11-4-3-5-12(8-11)17(20)21)15(2)13(18)9-16-6-7-22-14(16)19/h3-5,8,10H,6-7,9H2,1-2H3/t10-/m0/s1. The maximum atomic E-state index is 12.3. The molecule has 22 heavy (non-hydrogen) atoms. The Morgan fingerprint density at radius 2 is 2.27 bits per heavy atom. The molecule has 0 aromatic heterocycles. The van der Waals surface area contributed by atoms with Crippen molar-refractivity contribution in [2.24, 2.45) is 0 Å². The molecule has 1 aromatic carbocycles. The van der Waals surface area contributed by atoms with Crippen LogP contribution in [0.5, 0.6) is 0 Å². The molecule has 0 unspecified atom stereocenters. The zero-order valence-electron chi connectivity index (χ0n) is 12.4. The number of nitro groups is 1. The van der Waals surface area contributed by atoms with Crippen LogP contribution in [0.15, 0.2) is 24.3 Å². The number of non-ortho nitro benzene ring substituents is 1. The molecule has 0 aliphatic carbocycles. The minimum atomic E-state index is -0.460. The van der Waals surface area contributed by atoms with Gasteiger partial charge in [-0.05, 0) is 12.5 Å². The number of nitrogens with zero attached hydrogens (tertiary/aromatic N) is 3. The third-order valence-corrected chi connectivity index (χ3v) is 4.60. The molecule has 118 valence electrons. The van der Waals surface area contributed by atoms with E-state index in [-0.39, 0.29) is 29.4 Å². The van der Waals surface area contributed by atoms with Crippen LogP contribution in [0.3, 0.4) is 0 Å². The van der Waals surface area contributed by atoms with Crippen molar-refractivity contribution < 1.29 is 14.5 Å². The second kappa shape index (κ2) is 6.78. The maximum absolute atomic E-state index is 12.3. The van der Waals surface area contributed by atoms with Gasteiger partial charge in [0.15, 0.2) is 0 Å². The second-order valence-corrected chi connectivity index (χ2v) is 6.11. The van der Waals surface area contributed by atoms with Crippen molar-refractivity contribution in [1.82, 2.24) is 9.80 Å². The molecule has 1 saturated heterocycles. The predicted molar refractivity (Wildman–Crippen MR) is 83.7 cm³/mol. The van der Waals surface area contributed by atoms with E-state index in [0.29, 0.717) is 17.9 Å². The fourth-order valence-electron chi connectivity index (χ4n) is 2.18. The average molecular weight is 323 g/mol. The smallest absolute Gasteiger partial charge is 0.282 e. The van der Waals surface area contributed by atoms with Gasteiger partial charge in [-0.2, -0.15) is 0 Å². The lowest BCUT2D eigenvalue weighted by Gasteiger charge is -2.27. The molecule has 0 bridgehead atoms. The highest BCUT2D eigenvalue weighted by atomic mass is 32.2. The Balaban J connectivity index is 2.06. The molecule has 1 aromatic rings. The van der Waals surface area contributed by atoms with Gasteiger partial charge in [0.2, 0.25) is 5.91 Å². The first kappa shape index (κ1) is 16.3. The maximum Gasteiger partial charge on any atom is 0.282 e. The molecular weight excluding hydrogens is 306 g/mol. The molecule has 1 aliphatic rings. The van der Waals surface area contributed by atoms with E-state index in [0.717, 1.165) is 0 Å². The summed E-state index contributed by atoms with van der Waals surface area (Å²) in [6.07, 6.45) is 0. The molecule has 0 radical (unpaired) electrons. The molecule has 1 atom stereocenters. The van der Waals surface area contributed by atoms with Crippen LogP contribution >= 0.6 is 11.8 Å². The summed E-state index contributed by atoms with van der Waals surface area (Å²) >= 11 is 1.21. The van der Waals surface area contributed by atoms with Gasteiger partial charge in [-0.15, -0.1) is 0 Å². The number of rotatable bonds is 5. The summed E-state index contributed by atoms with van der Waals surface area (Å²) in [5.74, 6) is 0.519. The molecule has 0 spiro atoms. The first-order valence-corrected chi connectivity index (χ1v) is 7.80. The average Bonchev–Trinajstić information content (AvgIpc) is 2.91. The summed E-state index contributed by atoms with van der Waals surface area (Å²) in [4.78, 5) is 37.2. The number of hydrogen-bond acceptors (Lipinski definition) is 5. The quantitative estimate of drug-likeness (QED) is 0.613. The minimum Gasteiger partial charge on any atom is -0.337 e. The van der Waals surface area contributed by atoms with Crippen molar-refractivity contribution in [3.05, 3.63) is 39.9 Å². The van der Waals surface area contributed by atoms with Gasteiger partial charge in [0, 0.05) is 31.5 Å². The molecule has 0 N–H and O–H groups in total. The number of thioether (sulfide) groups is 1. The van der Waals surface area contributed by atoms with E-state index >= 15 is 0 Å². The van der Waals surface area contributed by atoms with Crippen LogP contribution in [-0.2, 0) is 4.79 Å². The van der Waals surface area contributed by atoms with Crippen LogP contribution in [0.25, 0.3) is 0 Å². The van der Waals surface area contributed by atoms with Gasteiger partial charge >= 0.3 is 0 Å². The van der Waals surface area contributed by atoms with E-state index in [1.807, 2.05) is 0 Å². The monoisotopic (exact) mass is 323 g/mol. The topological polar surface area (TPSA) is 83.8 Å². The number of nitro benzene ring substituents is 1. The molecule has 8 heteroatoms. The van der Waals surface area contributed by atoms with Crippen LogP contribution in [-0.4, -0.2) is 51.8 Å². The van der Waals surface area contributed by atoms with Crippen LogP contribution in [0.4, 0.5) is 10.5 Å². The zero-order valence-corrected chi connectivity index (χ0v) is 13.2. The van der Waals surface area contributed by atoms with Gasteiger partial charge in [-0.1, -0.05) is 23.9 Å². The SMILES string of the molecule is C[C@@H](c1cccc([N+](=O)[O-])c1)N(C)C(=O)CN1CCSC1=O. The van der Waals surface area contributed by atoms with E-state index < -0.39 is 4.92 Å². The van der Waals surface area contributed by atoms with Crippen molar-refractivity contribution in [2.45, 2.75) is 13.0 Å². The van der Waals surface area contributed by atoms with E-state index in [9.17, 15) is 19.7 Å². The lowest BCUT2D eigenvalue weighted by atomic mass is 10.1. The van der Waals surface area contributed by atoms with Crippen LogP contribution in [0.1, 0.15) is 18.5 Å². The van der Waals surface area contributed by atoms with Crippen molar-refractivity contribution in [3.8, 4) is 0 Å². The van der Waals surface area contributed by atoms with Gasteiger partial charge in [-0.3, -0.25) is 19.7 Å². The van der Waals surface area contributed by atoms with Gasteiger partial charge in [0.05, 0.1) is 11.0 Å². The summed E-state index contributed by atoms with van der Waals surface area (Å²) in [6, 6.07) is 5.92. The van der Waals surface area contributed by atoms with Gasteiger partial charge in [0.1, 0.15) is 6.54 Å². The van der Waals surface area contributed by atoms with Crippen LogP contribution < -0.4 is 0 Å². The lowest BCUT2D eigenvalue weighted by Crippen LogP contribution is -2.39. The molecular formula is C14H17N3O4S. The number of likely N-dealkylation sites (N-methyl/N-ethyl adjacent to an activating group) is 1. The number of carbonyl (C=O) groups excluding carboxylic acids is 2. The Morgan fingerprint density at radius 3 is 2.86 bits per heavy atom. The summed E-state index contributed by atoms with van der Waals surface area (Å²) in [5.41, 5.74) is 0.684. The van der Waals surface area contributed by atoms with Gasteiger partial charge in [0.25, 0.3) is 10.9 Å². The Morgan fingerprint density at radius 1 is 1.55 bits per heavy atom. The third kappa shape index (κ3) is 3.56. The summed E-state index contributed by atoms with van der Waals surface area (Å²) < 4.78 is 0. The van der Waals surface area contributed by atoms with Crippen molar-refractivity contribution in [1.29, 1.82) is 0 Å². The summed E-state index contributed by atoms with van der Waals surface area (Å²) in [5, 5.41) is 10.7. The fourth-order valence-corrected chi connectivity index (χ4v) is 3.01. The molecule has 1 fully saturated rings. The van der Waals surface area contributed by atoms with Crippen molar-refractivity contribution in [2.75, 3.05) is 25.9 Å². The van der Waals surface area contributed by atoms with Gasteiger partial charge < -0.3 is 9.80 Å². The Kier molecular flexibility index (Phi) is 5.02. The van der Waals surface area contributed by atoms with Crippen LogP contribution in [0, 0.1) is 10.1 Å². The molecule has 0 saturated carbocycles. The summed E-state index contributed by atoms with van der Waals surface area (Å²) in [6.45, 7) is 2.42. The van der Waals surface area contributed by atoms with E-state index in [4.69, 9.17) is 0 Å². The molecule has 1 heterocycles. The third-order valence-electron chi connectivity index (χ3n) is 3.71. The molecule has 2 rings (SSSR count). The first-order chi connectivity index (χ1) is 10.4. The predicted octanol–water partition coefficient (Wildman–Crippen LogP) is 2.28. The van der Waals surface area contributed by atoms with E-state index in [2.05, 4.69) is 0 Å². The molecule has 2 amide bonds. The molecule has 1 aliphatic heterocycles. The van der Waals surface area contributed by atoms with Crippen molar-refractivity contribution in [3.63, 3.8) is 0 Å². The highest BCUT2D eigenvalue weighted by Gasteiger charge is 2.26. The highest BCUT2D eigenvalue weighted by molar-refractivity contribution is 8.13. The normalized spacial score (nSPS) is 15.7. The fraction of sp³-hybridized carbons (Fsp3) is 0.429. The highest BCUT2D eigenvalue weighted by Crippen LogP contribution is 2.24. The number of benzene rings is 1. The van der Waals surface area contributed by atoms with E-state index in [1.54, 1.807) is 26.1 Å². The minimum absolute atomic E-state index is 0.00341. The Labute approximate surface area is 132 Å². The molecule has 7 nitrogen and oxygen atoms in total. The zero-order chi connectivity index (χ0) is 16.3. The number of carbonyl (C=O) groups is 2. The largest absolute Gasteiger partial charge is 0.337 e. The van der Waals surface area contributed by atoms with Crippen molar-refractivity contribution >= 4 is 28.6 Å².